The summed E-state index contributed by atoms with van der Waals surface area (Å²) in [5.74, 6) is -0.958. The van der Waals surface area contributed by atoms with Gasteiger partial charge in [0.25, 0.3) is 0 Å². The minimum atomic E-state index is -0.802. The van der Waals surface area contributed by atoms with Gasteiger partial charge in [0.2, 0.25) is 0 Å². The third-order valence-corrected chi connectivity index (χ3v) is 10.6. The molecule has 0 aliphatic rings. The van der Waals surface area contributed by atoms with Gasteiger partial charge in [-0.15, -0.1) is 0 Å². The van der Waals surface area contributed by atoms with Crippen molar-refractivity contribution in [2.45, 2.75) is 226 Å². The molecule has 0 bridgehead atoms. The lowest BCUT2D eigenvalue weighted by atomic mass is 10.1. The number of carbonyl (C=O) groups is 3. The summed E-state index contributed by atoms with van der Waals surface area (Å²) in [4.78, 5) is 38.0. The van der Waals surface area contributed by atoms with Gasteiger partial charge in [0.15, 0.2) is 6.10 Å². The lowest BCUT2D eigenvalue weighted by molar-refractivity contribution is -0.167. The standard InChI is InChI=1S/C58H94O6/c1-4-7-10-13-16-19-22-25-27-28-29-30-31-34-36-39-42-45-48-51-57(60)63-54-55(53-62-56(59)50-47-44-41-38-35-32-24-21-18-15-12-9-6-3)64-58(61)52-49-46-43-40-37-33-26-23-20-17-14-11-8-5-2/h7-12,15-21,24-25,27,32,35,55H,4-6,13-14,22-23,26,28-31,33-34,36-54H2,1-3H3/b10-7+,11-8+,12-9+,18-15+,19-16+,20-17+,24-21+,27-25+,35-32+. The molecule has 6 nitrogen and oxygen atoms in total. The zero-order chi connectivity index (χ0) is 46.5. The Bertz CT molecular complexity index is 1340. The third-order valence-electron chi connectivity index (χ3n) is 10.6. The first kappa shape index (κ1) is 60.1. The van der Waals surface area contributed by atoms with Crippen molar-refractivity contribution in [3.05, 3.63) is 109 Å². The molecule has 1 atom stereocenters. The predicted octanol–water partition coefficient (Wildman–Crippen LogP) is 17.1. The second-order valence-corrected chi connectivity index (χ2v) is 16.7. The number of carbonyl (C=O) groups excluding carboxylic acids is 3. The van der Waals surface area contributed by atoms with Crippen LogP contribution in [0.1, 0.15) is 220 Å². The topological polar surface area (TPSA) is 78.9 Å². The molecule has 0 heterocycles. The van der Waals surface area contributed by atoms with Gasteiger partial charge in [0.05, 0.1) is 0 Å². The largest absolute Gasteiger partial charge is 0.462 e. The van der Waals surface area contributed by atoms with Gasteiger partial charge in [0.1, 0.15) is 13.2 Å². The zero-order valence-corrected chi connectivity index (χ0v) is 41.3. The summed E-state index contributed by atoms with van der Waals surface area (Å²) in [6.07, 6.45) is 69.3. The van der Waals surface area contributed by atoms with Crippen LogP contribution in [0.25, 0.3) is 0 Å². The number of hydrogen-bond acceptors (Lipinski definition) is 6. The lowest BCUT2D eigenvalue weighted by Crippen LogP contribution is -2.30. The van der Waals surface area contributed by atoms with Crippen molar-refractivity contribution in [1.29, 1.82) is 0 Å². The van der Waals surface area contributed by atoms with Crippen LogP contribution < -0.4 is 0 Å². The maximum atomic E-state index is 12.8. The van der Waals surface area contributed by atoms with Crippen molar-refractivity contribution in [1.82, 2.24) is 0 Å². The Morgan fingerprint density at radius 2 is 0.641 bits per heavy atom. The van der Waals surface area contributed by atoms with E-state index in [0.717, 1.165) is 109 Å². The number of allylic oxidation sites excluding steroid dienone is 18. The van der Waals surface area contributed by atoms with Gasteiger partial charge in [-0.1, -0.05) is 214 Å². The van der Waals surface area contributed by atoms with Crippen LogP contribution in [0, 0.1) is 0 Å². The fourth-order valence-electron chi connectivity index (χ4n) is 6.80. The highest BCUT2D eigenvalue weighted by Gasteiger charge is 2.19. The quantitative estimate of drug-likeness (QED) is 0.0199. The molecule has 0 aromatic carbocycles. The summed E-state index contributed by atoms with van der Waals surface area (Å²) in [5, 5.41) is 0. The third kappa shape index (κ3) is 49.1. The average Bonchev–Trinajstić information content (AvgIpc) is 3.29. The van der Waals surface area contributed by atoms with Gasteiger partial charge in [-0.3, -0.25) is 14.4 Å². The van der Waals surface area contributed by atoms with Crippen molar-refractivity contribution in [2.75, 3.05) is 13.2 Å². The van der Waals surface area contributed by atoms with E-state index >= 15 is 0 Å². The van der Waals surface area contributed by atoms with Crippen molar-refractivity contribution in [3.8, 4) is 0 Å². The normalized spacial score (nSPS) is 13.0. The highest BCUT2D eigenvalue weighted by molar-refractivity contribution is 5.71. The number of unbranched alkanes of at least 4 members (excludes halogenated alkanes) is 19. The van der Waals surface area contributed by atoms with Crippen molar-refractivity contribution < 1.29 is 28.6 Å². The van der Waals surface area contributed by atoms with Crippen LogP contribution in [0.3, 0.4) is 0 Å². The van der Waals surface area contributed by atoms with Crippen molar-refractivity contribution in [3.63, 3.8) is 0 Å². The Kier molecular flexibility index (Phi) is 48.5. The number of esters is 3. The second kappa shape index (κ2) is 51.7. The Morgan fingerprint density at radius 3 is 1.08 bits per heavy atom. The molecule has 0 rings (SSSR count). The summed E-state index contributed by atoms with van der Waals surface area (Å²) in [5.41, 5.74) is 0. The fourth-order valence-corrected chi connectivity index (χ4v) is 6.80. The molecule has 0 saturated carbocycles. The van der Waals surface area contributed by atoms with Crippen LogP contribution in [0.2, 0.25) is 0 Å². The summed E-state index contributed by atoms with van der Waals surface area (Å²) < 4.78 is 16.8. The van der Waals surface area contributed by atoms with Gasteiger partial charge in [-0.25, -0.2) is 0 Å². The molecule has 0 aliphatic carbocycles. The van der Waals surface area contributed by atoms with E-state index in [1.54, 1.807) is 0 Å². The molecule has 362 valence electrons. The Morgan fingerprint density at radius 1 is 0.328 bits per heavy atom. The average molecular weight is 887 g/mol. The molecular weight excluding hydrogens is 793 g/mol. The van der Waals surface area contributed by atoms with Crippen LogP contribution in [-0.4, -0.2) is 37.2 Å². The Labute approximate surface area is 393 Å². The molecule has 1 unspecified atom stereocenters. The van der Waals surface area contributed by atoms with E-state index in [-0.39, 0.29) is 31.1 Å². The van der Waals surface area contributed by atoms with Gasteiger partial charge in [0, 0.05) is 19.3 Å². The number of rotatable bonds is 45. The molecule has 0 radical (unpaired) electrons. The van der Waals surface area contributed by atoms with Gasteiger partial charge in [-0.2, -0.15) is 0 Å². The van der Waals surface area contributed by atoms with E-state index in [2.05, 4.69) is 93.7 Å². The van der Waals surface area contributed by atoms with Crippen molar-refractivity contribution >= 4 is 17.9 Å². The predicted molar refractivity (Wildman–Crippen MR) is 274 cm³/mol. The van der Waals surface area contributed by atoms with Crippen LogP contribution in [-0.2, 0) is 28.6 Å². The minimum Gasteiger partial charge on any atom is -0.462 e. The molecule has 0 amide bonds. The highest BCUT2D eigenvalue weighted by atomic mass is 16.6. The first-order valence-electron chi connectivity index (χ1n) is 25.9. The van der Waals surface area contributed by atoms with E-state index in [1.165, 1.54) is 70.6 Å². The van der Waals surface area contributed by atoms with Crippen LogP contribution in [0.4, 0.5) is 0 Å². The summed E-state index contributed by atoms with van der Waals surface area (Å²) in [7, 11) is 0. The number of ether oxygens (including phenoxy) is 3. The molecule has 0 aromatic rings. The Balaban J connectivity index is 4.43. The molecule has 0 aromatic heterocycles. The zero-order valence-electron chi connectivity index (χ0n) is 41.3. The first-order valence-corrected chi connectivity index (χ1v) is 25.9. The van der Waals surface area contributed by atoms with Gasteiger partial charge < -0.3 is 14.2 Å². The van der Waals surface area contributed by atoms with E-state index < -0.39 is 6.10 Å². The molecule has 6 heteroatoms. The van der Waals surface area contributed by atoms with Crippen molar-refractivity contribution in [2.24, 2.45) is 0 Å². The first-order chi connectivity index (χ1) is 31.5. The molecule has 64 heavy (non-hydrogen) atoms. The molecule has 0 fully saturated rings. The van der Waals surface area contributed by atoms with E-state index in [1.807, 2.05) is 36.5 Å². The maximum absolute atomic E-state index is 12.8. The van der Waals surface area contributed by atoms with Gasteiger partial charge in [-0.05, 0) is 96.3 Å². The fraction of sp³-hybridized carbons (Fsp3) is 0.638. The van der Waals surface area contributed by atoms with E-state index in [4.69, 9.17) is 14.2 Å². The monoisotopic (exact) mass is 887 g/mol. The van der Waals surface area contributed by atoms with Gasteiger partial charge >= 0.3 is 17.9 Å². The molecule has 0 N–H and O–H groups in total. The molecule has 0 aliphatic heterocycles. The van der Waals surface area contributed by atoms with Crippen LogP contribution >= 0.6 is 0 Å². The lowest BCUT2D eigenvalue weighted by Gasteiger charge is -2.18. The highest BCUT2D eigenvalue weighted by Crippen LogP contribution is 2.14. The second-order valence-electron chi connectivity index (χ2n) is 16.7. The smallest absolute Gasteiger partial charge is 0.306 e. The van der Waals surface area contributed by atoms with Crippen LogP contribution in [0.15, 0.2) is 109 Å². The molecule has 0 saturated heterocycles. The Hall–Kier alpha value is -3.93. The minimum absolute atomic E-state index is 0.0989. The van der Waals surface area contributed by atoms with E-state index in [9.17, 15) is 14.4 Å². The summed E-state index contributed by atoms with van der Waals surface area (Å²) in [6, 6.07) is 0. The summed E-state index contributed by atoms with van der Waals surface area (Å²) in [6.45, 7) is 6.23. The summed E-state index contributed by atoms with van der Waals surface area (Å²) >= 11 is 0. The maximum Gasteiger partial charge on any atom is 0.306 e. The molecular formula is C58H94O6. The number of hydrogen-bond donors (Lipinski definition) is 0. The van der Waals surface area contributed by atoms with Crippen LogP contribution in [0.5, 0.6) is 0 Å². The molecule has 0 spiro atoms. The van der Waals surface area contributed by atoms with E-state index in [0.29, 0.717) is 19.3 Å². The SMILES string of the molecule is CC/C=C/C=C/C=C/C=C/CCCCCC(=O)OCC(COC(=O)CCCCCCCCCCC/C=C/C/C=C/C/C=C/CC)OC(=O)CCCCCCCCC/C=C/C/C=C/CC.